The van der Waals surface area contributed by atoms with Crippen molar-refractivity contribution >= 4 is 5.95 Å². The molecular formula is C6H11N5. The molecule has 0 spiro atoms. The Bertz CT molecular complexity index is 242. The maximum Gasteiger partial charge on any atom is 0.218 e. The zero-order chi connectivity index (χ0) is 7.84. The van der Waals surface area contributed by atoms with Crippen LogP contribution < -0.4 is 11.1 Å². The molecule has 1 aromatic heterocycles. The lowest BCUT2D eigenvalue weighted by Gasteiger charge is -2.24. The molecule has 1 aliphatic heterocycles. The van der Waals surface area contributed by atoms with Crippen molar-refractivity contribution in [2.75, 3.05) is 12.3 Å². The van der Waals surface area contributed by atoms with Gasteiger partial charge in [-0.25, -0.2) is 4.68 Å². The molecule has 0 saturated carbocycles. The molecule has 1 fully saturated rings. The molecule has 5 heteroatoms. The molecule has 1 atom stereocenters. The van der Waals surface area contributed by atoms with Crippen LogP contribution in [-0.2, 0) is 7.05 Å². The Kier molecular flexibility index (Phi) is 1.32. The molecule has 3 N–H and O–H groups in total. The summed E-state index contributed by atoms with van der Waals surface area (Å²) in [5.41, 5.74) is 5.52. The summed E-state index contributed by atoms with van der Waals surface area (Å²) in [6.45, 7) is 1.06. The lowest BCUT2D eigenvalue weighted by Crippen LogP contribution is -2.35. The van der Waals surface area contributed by atoms with Gasteiger partial charge in [-0.1, -0.05) is 0 Å². The van der Waals surface area contributed by atoms with Gasteiger partial charge in [-0.2, -0.15) is 10.1 Å². The second kappa shape index (κ2) is 2.20. The van der Waals surface area contributed by atoms with E-state index >= 15 is 0 Å². The van der Waals surface area contributed by atoms with E-state index in [-0.39, 0.29) is 0 Å². The minimum Gasteiger partial charge on any atom is -0.368 e. The van der Waals surface area contributed by atoms with Gasteiger partial charge in [0.25, 0.3) is 0 Å². The summed E-state index contributed by atoms with van der Waals surface area (Å²) in [6.07, 6.45) is 1.11. The average Bonchev–Trinajstić information content (AvgIpc) is 2.08. The molecule has 2 heterocycles. The van der Waals surface area contributed by atoms with Crippen LogP contribution in [0.15, 0.2) is 0 Å². The summed E-state index contributed by atoms with van der Waals surface area (Å²) in [5.74, 6) is 1.30. The Labute approximate surface area is 64.6 Å². The van der Waals surface area contributed by atoms with E-state index in [9.17, 15) is 0 Å². The van der Waals surface area contributed by atoms with Crippen molar-refractivity contribution in [2.24, 2.45) is 7.05 Å². The van der Waals surface area contributed by atoms with Crippen LogP contribution in [0.4, 0.5) is 5.95 Å². The summed E-state index contributed by atoms with van der Waals surface area (Å²) in [5, 5.41) is 7.36. The Morgan fingerprint density at radius 1 is 1.73 bits per heavy atom. The Balaban J connectivity index is 2.24. The predicted molar refractivity (Wildman–Crippen MR) is 40.8 cm³/mol. The minimum absolute atomic E-state index is 0.332. The van der Waals surface area contributed by atoms with Crippen LogP contribution in [0.3, 0.4) is 0 Å². The van der Waals surface area contributed by atoms with Gasteiger partial charge in [0.1, 0.15) is 0 Å². The van der Waals surface area contributed by atoms with Gasteiger partial charge in [0.2, 0.25) is 5.95 Å². The van der Waals surface area contributed by atoms with E-state index < -0.39 is 0 Å². The van der Waals surface area contributed by atoms with Gasteiger partial charge < -0.3 is 11.1 Å². The zero-order valence-electron chi connectivity index (χ0n) is 6.41. The standard InChI is InChI=1S/C6H11N5/c1-11-6(7)9-5(10-11)4-2-3-8-4/h4,8H,2-3H2,1H3,(H2,7,9,10). The summed E-state index contributed by atoms with van der Waals surface area (Å²) in [7, 11) is 1.80. The molecule has 1 saturated heterocycles. The van der Waals surface area contributed by atoms with E-state index in [1.807, 2.05) is 0 Å². The van der Waals surface area contributed by atoms with Crippen LogP contribution in [0.1, 0.15) is 18.3 Å². The van der Waals surface area contributed by atoms with Crippen molar-refractivity contribution in [3.05, 3.63) is 5.82 Å². The molecule has 0 aromatic carbocycles. The lowest BCUT2D eigenvalue weighted by atomic mass is 10.1. The second-order valence-electron chi connectivity index (χ2n) is 2.75. The number of nitrogens with one attached hydrogen (secondary N) is 1. The number of nitrogens with two attached hydrogens (primary N) is 1. The molecule has 1 aromatic rings. The summed E-state index contributed by atoms with van der Waals surface area (Å²) in [4.78, 5) is 4.10. The van der Waals surface area contributed by atoms with Crippen molar-refractivity contribution in [3.63, 3.8) is 0 Å². The second-order valence-corrected chi connectivity index (χ2v) is 2.75. The van der Waals surface area contributed by atoms with Gasteiger partial charge in [0.05, 0.1) is 6.04 Å². The molecule has 5 nitrogen and oxygen atoms in total. The van der Waals surface area contributed by atoms with Gasteiger partial charge in [0.15, 0.2) is 5.82 Å². The molecule has 1 aliphatic rings. The van der Waals surface area contributed by atoms with Gasteiger partial charge in [-0.15, -0.1) is 0 Å². The van der Waals surface area contributed by atoms with Crippen molar-refractivity contribution in [1.29, 1.82) is 0 Å². The highest BCUT2D eigenvalue weighted by Gasteiger charge is 2.22. The Hall–Kier alpha value is -1.10. The number of anilines is 1. The monoisotopic (exact) mass is 153 g/mol. The van der Waals surface area contributed by atoms with E-state index in [0.29, 0.717) is 12.0 Å². The molecule has 0 aliphatic carbocycles. The SMILES string of the molecule is Cn1nc(C2CCN2)nc1N. The quantitative estimate of drug-likeness (QED) is 0.567. The van der Waals surface area contributed by atoms with E-state index in [1.54, 1.807) is 11.7 Å². The van der Waals surface area contributed by atoms with Crippen LogP contribution >= 0.6 is 0 Å². The number of aromatic nitrogens is 3. The summed E-state index contributed by atoms with van der Waals surface area (Å²) < 4.78 is 1.59. The van der Waals surface area contributed by atoms with Crippen molar-refractivity contribution in [1.82, 2.24) is 20.1 Å². The maximum atomic E-state index is 5.52. The first-order valence-corrected chi connectivity index (χ1v) is 3.67. The normalized spacial score (nSPS) is 23.2. The van der Waals surface area contributed by atoms with Gasteiger partial charge in [-0.3, -0.25) is 0 Å². The van der Waals surface area contributed by atoms with Crippen LogP contribution in [0.25, 0.3) is 0 Å². The fraction of sp³-hybridized carbons (Fsp3) is 0.667. The summed E-state index contributed by atoms with van der Waals surface area (Å²) >= 11 is 0. The first kappa shape index (κ1) is 6.60. The fourth-order valence-electron chi connectivity index (χ4n) is 1.07. The number of hydrogen-bond donors (Lipinski definition) is 2. The van der Waals surface area contributed by atoms with Crippen LogP contribution in [0.2, 0.25) is 0 Å². The maximum absolute atomic E-state index is 5.52. The molecule has 0 bridgehead atoms. The molecule has 60 valence electrons. The highest BCUT2D eigenvalue weighted by Crippen LogP contribution is 2.19. The third kappa shape index (κ3) is 0.970. The summed E-state index contributed by atoms with van der Waals surface area (Å²) in [6, 6.07) is 0.332. The zero-order valence-corrected chi connectivity index (χ0v) is 6.41. The molecule has 2 rings (SSSR count). The van der Waals surface area contributed by atoms with E-state index in [2.05, 4.69) is 15.4 Å². The predicted octanol–water partition coefficient (Wildman–Crippen LogP) is -0.568. The molecule has 11 heavy (non-hydrogen) atoms. The number of nitrogens with zero attached hydrogens (tertiary/aromatic N) is 3. The van der Waals surface area contributed by atoms with Crippen molar-refractivity contribution < 1.29 is 0 Å². The number of rotatable bonds is 1. The van der Waals surface area contributed by atoms with Gasteiger partial charge in [-0.05, 0) is 13.0 Å². The van der Waals surface area contributed by atoms with Gasteiger partial charge >= 0.3 is 0 Å². The molecule has 0 radical (unpaired) electrons. The van der Waals surface area contributed by atoms with Crippen molar-refractivity contribution in [2.45, 2.75) is 12.5 Å². The number of hydrogen-bond acceptors (Lipinski definition) is 4. The highest BCUT2D eigenvalue weighted by atomic mass is 15.4. The first-order valence-electron chi connectivity index (χ1n) is 3.67. The largest absolute Gasteiger partial charge is 0.368 e. The topological polar surface area (TPSA) is 68.8 Å². The first-order chi connectivity index (χ1) is 5.27. The van der Waals surface area contributed by atoms with E-state index in [1.165, 1.54) is 0 Å². The van der Waals surface area contributed by atoms with E-state index in [0.717, 1.165) is 18.8 Å². The third-order valence-electron chi connectivity index (χ3n) is 1.95. The Morgan fingerprint density at radius 3 is 2.82 bits per heavy atom. The average molecular weight is 153 g/mol. The van der Waals surface area contributed by atoms with Gasteiger partial charge in [0, 0.05) is 7.05 Å². The van der Waals surface area contributed by atoms with Crippen LogP contribution in [-0.4, -0.2) is 21.3 Å². The Morgan fingerprint density at radius 2 is 2.45 bits per heavy atom. The number of aryl methyl sites for hydroxylation is 1. The van der Waals surface area contributed by atoms with E-state index in [4.69, 9.17) is 5.73 Å². The van der Waals surface area contributed by atoms with Crippen molar-refractivity contribution in [3.8, 4) is 0 Å². The number of nitrogen functional groups attached to an aromatic ring is 1. The fourth-order valence-corrected chi connectivity index (χ4v) is 1.07. The molecule has 0 amide bonds. The molecule has 1 unspecified atom stereocenters. The molecular weight excluding hydrogens is 142 g/mol. The van der Waals surface area contributed by atoms with Crippen LogP contribution in [0.5, 0.6) is 0 Å². The minimum atomic E-state index is 0.332. The van der Waals surface area contributed by atoms with Crippen LogP contribution in [0, 0.1) is 0 Å². The smallest absolute Gasteiger partial charge is 0.218 e. The highest BCUT2D eigenvalue weighted by molar-refractivity contribution is 5.17. The lowest BCUT2D eigenvalue weighted by molar-refractivity contribution is 0.365. The third-order valence-corrected chi connectivity index (χ3v) is 1.95.